The van der Waals surface area contributed by atoms with Gasteiger partial charge in [-0.25, -0.2) is 17.4 Å². The number of aromatic nitrogens is 2. The van der Waals surface area contributed by atoms with E-state index in [4.69, 9.17) is 14.2 Å². The van der Waals surface area contributed by atoms with Crippen molar-refractivity contribution in [3.05, 3.63) is 83.7 Å². The van der Waals surface area contributed by atoms with Gasteiger partial charge in [-0.1, -0.05) is 35.9 Å². The van der Waals surface area contributed by atoms with Gasteiger partial charge in [-0.2, -0.15) is 5.26 Å². The minimum Gasteiger partial charge on any atom is -0.466 e. The van der Waals surface area contributed by atoms with Crippen molar-refractivity contribution in [2.45, 2.75) is 11.8 Å². The van der Waals surface area contributed by atoms with Crippen molar-refractivity contribution in [1.82, 2.24) is 13.9 Å². The van der Waals surface area contributed by atoms with Crippen molar-refractivity contribution >= 4 is 27.1 Å². The summed E-state index contributed by atoms with van der Waals surface area (Å²) in [5.41, 5.74) is 3.72. The normalized spacial score (nSPS) is 14.5. The molecule has 2 aromatic carbocycles. The molecule has 10 heteroatoms. The predicted molar refractivity (Wildman–Crippen MR) is 152 cm³/mol. The van der Waals surface area contributed by atoms with Crippen LogP contribution in [0, 0.1) is 18.3 Å². The van der Waals surface area contributed by atoms with Crippen molar-refractivity contribution in [2.24, 2.45) is 0 Å². The van der Waals surface area contributed by atoms with Gasteiger partial charge in [-0.3, -0.25) is 4.90 Å². The van der Waals surface area contributed by atoms with Gasteiger partial charge in [-0.05, 0) is 48.4 Å². The van der Waals surface area contributed by atoms with E-state index in [1.54, 1.807) is 54.9 Å². The number of rotatable bonds is 9. The van der Waals surface area contributed by atoms with Gasteiger partial charge in [0.2, 0.25) is 0 Å². The molecule has 0 saturated carbocycles. The van der Waals surface area contributed by atoms with E-state index >= 15 is 0 Å². The van der Waals surface area contributed by atoms with Crippen LogP contribution in [0.4, 0.5) is 0 Å². The fourth-order valence-corrected chi connectivity index (χ4v) is 5.90. The maximum absolute atomic E-state index is 13.7. The second kappa shape index (κ2) is 12.0. The van der Waals surface area contributed by atoms with Crippen LogP contribution in [0.5, 0.6) is 5.75 Å². The maximum atomic E-state index is 13.7. The zero-order chi connectivity index (χ0) is 28.1. The lowest BCUT2D eigenvalue weighted by Crippen LogP contribution is -2.36. The fraction of sp³-hybridized carbons (Fsp3) is 0.267. The quantitative estimate of drug-likeness (QED) is 0.278. The molecule has 1 aliphatic rings. The van der Waals surface area contributed by atoms with E-state index in [1.165, 1.54) is 11.1 Å². The Morgan fingerprint density at radius 3 is 2.62 bits per heavy atom. The summed E-state index contributed by atoms with van der Waals surface area (Å²) in [6.07, 6.45) is 7.30. The van der Waals surface area contributed by atoms with Gasteiger partial charge in [0.05, 0.1) is 23.7 Å². The SMILES string of the molecule is COCOc1ccc(-c2cn(S(=O)(=O)c3ccc(C)cc3)c3ncc(/C=C/CN4CCOCC4)cc23)cc1C#N. The van der Waals surface area contributed by atoms with Gasteiger partial charge in [0.1, 0.15) is 11.8 Å². The molecule has 0 bridgehead atoms. The van der Waals surface area contributed by atoms with Gasteiger partial charge in [-0.15, -0.1) is 0 Å². The molecule has 0 aliphatic carbocycles. The highest BCUT2D eigenvalue weighted by Gasteiger charge is 2.23. The van der Waals surface area contributed by atoms with E-state index in [1.807, 2.05) is 19.1 Å². The average molecular weight is 559 g/mol. The molecule has 4 aromatic rings. The van der Waals surface area contributed by atoms with E-state index < -0.39 is 10.0 Å². The molecule has 206 valence electrons. The van der Waals surface area contributed by atoms with Gasteiger partial charge in [0.15, 0.2) is 12.4 Å². The lowest BCUT2D eigenvalue weighted by Gasteiger charge is -2.25. The lowest BCUT2D eigenvalue weighted by atomic mass is 10.0. The second-order valence-electron chi connectivity index (χ2n) is 9.49. The number of nitriles is 1. The van der Waals surface area contributed by atoms with Crippen molar-refractivity contribution < 1.29 is 22.6 Å². The first kappa shape index (κ1) is 27.6. The summed E-state index contributed by atoms with van der Waals surface area (Å²) in [6.45, 7) is 5.93. The summed E-state index contributed by atoms with van der Waals surface area (Å²) < 4.78 is 44.6. The third kappa shape index (κ3) is 5.78. The highest BCUT2D eigenvalue weighted by molar-refractivity contribution is 7.90. The van der Waals surface area contributed by atoms with Crippen LogP contribution in [-0.2, 0) is 19.5 Å². The Hall–Kier alpha value is -4.01. The van der Waals surface area contributed by atoms with Crippen LogP contribution < -0.4 is 4.74 Å². The molecule has 5 rings (SSSR count). The second-order valence-corrected chi connectivity index (χ2v) is 11.3. The Morgan fingerprint density at radius 1 is 1.12 bits per heavy atom. The maximum Gasteiger partial charge on any atom is 0.269 e. The number of fused-ring (bicyclic) bond motifs is 1. The summed E-state index contributed by atoms with van der Waals surface area (Å²) in [5.74, 6) is 0.383. The third-order valence-corrected chi connectivity index (χ3v) is 8.40. The molecule has 0 N–H and O–H groups in total. The molecule has 1 fully saturated rings. The molecular weight excluding hydrogens is 528 g/mol. The topological polar surface area (TPSA) is 107 Å². The standard InChI is InChI=1S/C30H30N4O5S/c1-22-5-8-26(9-6-22)40(35,36)34-20-28(24-7-10-29(39-21-37-2)25(17-24)18-31)27-16-23(19-32-30(27)34)4-3-11-33-12-14-38-15-13-33/h3-10,16-17,19-20H,11-15,21H2,1-2H3/b4-3+. The van der Waals surface area contributed by atoms with Gasteiger partial charge >= 0.3 is 0 Å². The van der Waals surface area contributed by atoms with Crippen molar-refractivity contribution in [2.75, 3.05) is 46.8 Å². The smallest absolute Gasteiger partial charge is 0.269 e. The van der Waals surface area contributed by atoms with E-state index in [0.717, 1.165) is 44.0 Å². The van der Waals surface area contributed by atoms with E-state index in [2.05, 4.69) is 22.0 Å². The number of hydrogen-bond donors (Lipinski definition) is 0. The molecular formula is C30H30N4O5S. The van der Waals surface area contributed by atoms with Crippen LogP contribution in [0.2, 0.25) is 0 Å². The summed E-state index contributed by atoms with van der Waals surface area (Å²) in [5, 5.41) is 10.4. The van der Waals surface area contributed by atoms with E-state index in [9.17, 15) is 13.7 Å². The minimum absolute atomic E-state index is 0.00615. The minimum atomic E-state index is -3.94. The Balaban J connectivity index is 1.60. The molecule has 0 radical (unpaired) electrons. The molecule has 0 spiro atoms. The Morgan fingerprint density at radius 2 is 1.90 bits per heavy atom. The zero-order valence-corrected chi connectivity index (χ0v) is 23.2. The summed E-state index contributed by atoms with van der Waals surface area (Å²) >= 11 is 0. The predicted octanol–water partition coefficient (Wildman–Crippen LogP) is 4.45. The molecule has 0 amide bonds. The largest absolute Gasteiger partial charge is 0.466 e. The van der Waals surface area contributed by atoms with Crippen molar-refractivity contribution in [3.63, 3.8) is 0 Å². The molecule has 0 atom stereocenters. The summed E-state index contributed by atoms with van der Waals surface area (Å²) in [4.78, 5) is 7.07. The molecule has 9 nitrogen and oxygen atoms in total. The average Bonchev–Trinajstić information content (AvgIpc) is 3.36. The number of ether oxygens (including phenoxy) is 3. The van der Waals surface area contributed by atoms with Crippen LogP contribution in [0.25, 0.3) is 28.2 Å². The molecule has 1 saturated heterocycles. The highest BCUT2D eigenvalue weighted by Crippen LogP contribution is 2.35. The summed E-state index contributed by atoms with van der Waals surface area (Å²) in [6, 6.07) is 16.0. The molecule has 3 heterocycles. The number of benzene rings is 2. The number of aryl methyl sites for hydroxylation is 1. The molecule has 0 unspecified atom stereocenters. The highest BCUT2D eigenvalue weighted by atomic mass is 32.2. The van der Waals surface area contributed by atoms with Gasteiger partial charge in [0, 0.05) is 50.1 Å². The van der Waals surface area contributed by atoms with Crippen LogP contribution >= 0.6 is 0 Å². The van der Waals surface area contributed by atoms with E-state index in [0.29, 0.717) is 33.5 Å². The first-order valence-electron chi connectivity index (χ1n) is 12.9. The summed E-state index contributed by atoms with van der Waals surface area (Å²) in [7, 11) is -2.43. The Kier molecular flexibility index (Phi) is 8.28. The molecule has 40 heavy (non-hydrogen) atoms. The monoisotopic (exact) mass is 558 g/mol. The number of methoxy groups -OCH3 is 1. The lowest BCUT2D eigenvalue weighted by molar-refractivity contribution is 0.0435. The van der Waals surface area contributed by atoms with Crippen LogP contribution in [0.1, 0.15) is 16.7 Å². The molecule has 2 aromatic heterocycles. The number of morpholine rings is 1. The van der Waals surface area contributed by atoms with E-state index in [-0.39, 0.29) is 11.7 Å². The van der Waals surface area contributed by atoms with Crippen molar-refractivity contribution in [1.29, 1.82) is 5.26 Å². The Labute approximate surface area is 233 Å². The molecule has 1 aliphatic heterocycles. The number of pyridine rings is 1. The Bertz CT molecular complexity index is 1680. The van der Waals surface area contributed by atoms with Crippen LogP contribution in [-0.4, -0.2) is 69.0 Å². The fourth-order valence-electron chi connectivity index (χ4n) is 4.58. The third-order valence-electron chi connectivity index (χ3n) is 6.73. The van der Waals surface area contributed by atoms with Crippen LogP contribution in [0.15, 0.2) is 71.9 Å². The van der Waals surface area contributed by atoms with Gasteiger partial charge in [0.25, 0.3) is 10.0 Å². The number of nitrogens with zero attached hydrogens (tertiary/aromatic N) is 4. The zero-order valence-electron chi connectivity index (χ0n) is 22.4. The first-order valence-corrected chi connectivity index (χ1v) is 14.3. The van der Waals surface area contributed by atoms with Crippen LogP contribution in [0.3, 0.4) is 0 Å². The van der Waals surface area contributed by atoms with Crippen molar-refractivity contribution in [3.8, 4) is 22.9 Å². The first-order chi connectivity index (χ1) is 19.4. The van der Waals surface area contributed by atoms with Gasteiger partial charge < -0.3 is 14.2 Å². The number of hydrogen-bond acceptors (Lipinski definition) is 8.